The largest absolute Gasteiger partial charge is 0.478 e. The third kappa shape index (κ3) is 4.39. The van der Waals surface area contributed by atoms with Crippen LogP contribution in [0.3, 0.4) is 0 Å². The van der Waals surface area contributed by atoms with Gasteiger partial charge in [0.15, 0.2) is 0 Å². The van der Waals surface area contributed by atoms with Crippen molar-refractivity contribution < 1.29 is 19.4 Å². The van der Waals surface area contributed by atoms with Crippen LogP contribution in [-0.4, -0.2) is 17.0 Å². The Morgan fingerprint density at radius 2 is 1.52 bits per heavy atom. The second-order valence-electron chi connectivity index (χ2n) is 5.48. The molecule has 0 aliphatic heterocycles. The summed E-state index contributed by atoms with van der Waals surface area (Å²) < 4.78 is 5.69. The maximum absolute atomic E-state index is 12.6. The lowest BCUT2D eigenvalue weighted by Crippen LogP contribution is -2.16. The number of hydrogen-bond acceptors (Lipinski definition) is 3. The third-order valence-electron chi connectivity index (χ3n) is 3.64. The maximum atomic E-state index is 12.6. The van der Waals surface area contributed by atoms with Crippen LogP contribution in [0.4, 0.5) is 5.69 Å². The van der Waals surface area contributed by atoms with E-state index in [4.69, 9.17) is 27.9 Å². The Balaban J connectivity index is 1.94. The molecule has 0 aliphatic rings. The van der Waals surface area contributed by atoms with E-state index in [9.17, 15) is 14.7 Å². The van der Waals surface area contributed by atoms with Crippen molar-refractivity contribution in [3.63, 3.8) is 0 Å². The lowest BCUT2D eigenvalue weighted by molar-refractivity contribution is 0.0698. The summed E-state index contributed by atoms with van der Waals surface area (Å²) in [4.78, 5) is 24.1. The molecule has 3 aromatic rings. The highest BCUT2D eigenvalue weighted by atomic mass is 35.5. The standard InChI is InChI=1S/C20H13Cl2NO4/c21-15-7-4-8-16(22)18(15)19(24)23-17-11-13(9-10-14(17)20(25)26)27-12-5-2-1-3-6-12/h1-11H,(H,23,24)(H,25,26). The minimum absolute atomic E-state index is 0.0616. The lowest BCUT2D eigenvalue weighted by Gasteiger charge is -2.13. The van der Waals surface area contributed by atoms with Crippen molar-refractivity contribution in [2.24, 2.45) is 0 Å². The number of carboxylic acid groups (broad SMARTS) is 1. The summed E-state index contributed by atoms with van der Waals surface area (Å²) in [6.07, 6.45) is 0. The highest BCUT2D eigenvalue weighted by molar-refractivity contribution is 6.40. The molecule has 0 fully saturated rings. The van der Waals surface area contributed by atoms with Gasteiger partial charge in [-0.1, -0.05) is 47.5 Å². The quantitative estimate of drug-likeness (QED) is 0.571. The van der Waals surface area contributed by atoms with Gasteiger partial charge in [-0.3, -0.25) is 4.79 Å². The number of ether oxygens (including phenoxy) is 1. The van der Waals surface area contributed by atoms with E-state index in [-0.39, 0.29) is 26.9 Å². The number of aromatic carboxylic acids is 1. The van der Waals surface area contributed by atoms with Crippen LogP contribution in [0.1, 0.15) is 20.7 Å². The Morgan fingerprint density at radius 1 is 0.852 bits per heavy atom. The van der Waals surface area contributed by atoms with Crippen LogP contribution in [0.25, 0.3) is 0 Å². The summed E-state index contributed by atoms with van der Waals surface area (Å²) in [6, 6.07) is 17.9. The van der Waals surface area contributed by atoms with Gasteiger partial charge in [0.25, 0.3) is 5.91 Å². The van der Waals surface area contributed by atoms with Crippen LogP contribution in [0.2, 0.25) is 10.0 Å². The smallest absolute Gasteiger partial charge is 0.337 e. The molecule has 5 nitrogen and oxygen atoms in total. The molecule has 0 aromatic heterocycles. The first kappa shape index (κ1) is 18.8. The van der Waals surface area contributed by atoms with Gasteiger partial charge in [0.1, 0.15) is 11.5 Å². The maximum Gasteiger partial charge on any atom is 0.337 e. The van der Waals surface area contributed by atoms with E-state index in [1.165, 1.54) is 30.3 Å². The third-order valence-corrected chi connectivity index (χ3v) is 4.27. The average Bonchev–Trinajstić information content (AvgIpc) is 2.62. The van der Waals surface area contributed by atoms with E-state index in [2.05, 4.69) is 5.32 Å². The molecule has 0 radical (unpaired) electrons. The van der Waals surface area contributed by atoms with Crippen LogP contribution in [0.5, 0.6) is 11.5 Å². The predicted octanol–water partition coefficient (Wildman–Crippen LogP) is 5.74. The fourth-order valence-corrected chi connectivity index (χ4v) is 2.97. The monoisotopic (exact) mass is 401 g/mol. The number of para-hydroxylation sites is 1. The molecule has 136 valence electrons. The van der Waals surface area contributed by atoms with Gasteiger partial charge >= 0.3 is 5.97 Å². The lowest BCUT2D eigenvalue weighted by atomic mass is 10.1. The molecule has 3 rings (SSSR count). The molecule has 0 heterocycles. The second-order valence-corrected chi connectivity index (χ2v) is 6.29. The molecular weight excluding hydrogens is 389 g/mol. The highest BCUT2D eigenvalue weighted by Gasteiger charge is 2.19. The first-order valence-corrected chi connectivity index (χ1v) is 8.57. The number of carbonyl (C=O) groups is 2. The van der Waals surface area contributed by atoms with Crippen molar-refractivity contribution >= 4 is 40.8 Å². The summed E-state index contributed by atoms with van der Waals surface area (Å²) in [7, 11) is 0. The molecule has 0 atom stereocenters. The Labute approximate surface area is 165 Å². The normalized spacial score (nSPS) is 10.3. The van der Waals surface area contributed by atoms with Crippen molar-refractivity contribution in [1.29, 1.82) is 0 Å². The Hall–Kier alpha value is -3.02. The van der Waals surface area contributed by atoms with Gasteiger partial charge in [0, 0.05) is 6.07 Å². The minimum Gasteiger partial charge on any atom is -0.478 e. The zero-order valence-corrected chi connectivity index (χ0v) is 15.3. The number of anilines is 1. The van der Waals surface area contributed by atoms with Gasteiger partial charge in [-0.05, 0) is 36.4 Å². The molecule has 0 saturated heterocycles. The van der Waals surface area contributed by atoms with Crippen LogP contribution in [-0.2, 0) is 0 Å². The number of rotatable bonds is 5. The fourth-order valence-electron chi connectivity index (χ4n) is 2.40. The van der Waals surface area contributed by atoms with Gasteiger partial charge in [-0.2, -0.15) is 0 Å². The average molecular weight is 402 g/mol. The molecule has 3 aromatic carbocycles. The van der Waals surface area contributed by atoms with E-state index in [1.807, 2.05) is 18.2 Å². The second kappa shape index (κ2) is 8.12. The number of benzene rings is 3. The Bertz CT molecular complexity index is 986. The van der Waals surface area contributed by atoms with Crippen molar-refractivity contribution in [3.05, 3.63) is 87.9 Å². The summed E-state index contributed by atoms with van der Waals surface area (Å²) in [6.45, 7) is 0. The number of hydrogen-bond donors (Lipinski definition) is 2. The molecule has 27 heavy (non-hydrogen) atoms. The summed E-state index contributed by atoms with van der Waals surface area (Å²) in [5.74, 6) is -0.870. The van der Waals surface area contributed by atoms with Gasteiger partial charge in [0.2, 0.25) is 0 Å². The van der Waals surface area contributed by atoms with E-state index >= 15 is 0 Å². The topological polar surface area (TPSA) is 75.6 Å². The molecule has 2 N–H and O–H groups in total. The Morgan fingerprint density at radius 3 is 2.15 bits per heavy atom. The fraction of sp³-hybridized carbons (Fsp3) is 0. The highest BCUT2D eigenvalue weighted by Crippen LogP contribution is 2.29. The molecule has 7 heteroatoms. The first-order valence-electron chi connectivity index (χ1n) is 7.81. The molecule has 0 saturated carbocycles. The summed E-state index contributed by atoms with van der Waals surface area (Å²) in [5, 5.41) is 12.3. The molecule has 0 aliphatic carbocycles. The molecule has 0 bridgehead atoms. The number of halogens is 2. The van der Waals surface area contributed by atoms with Crippen LogP contribution in [0, 0.1) is 0 Å². The number of nitrogens with one attached hydrogen (secondary N) is 1. The van der Waals surface area contributed by atoms with Gasteiger partial charge in [0.05, 0.1) is 26.9 Å². The zero-order chi connectivity index (χ0) is 19.4. The van der Waals surface area contributed by atoms with Crippen LogP contribution in [0.15, 0.2) is 66.7 Å². The Kier molecular flexibility index (Phi) is 5.64. The molecule has 0 unspecified atom stereocenters. The molecule has 1 amide bonds. The number of amides is 1. The predicted molar refractivity (Wildman–Crippen MR) is 104 cm³/mol. The van der Waals surface area contributed by atoms with Crippen molar-refractivity contribution in [2.75, 3.05) is 5.32 Å². The van der Waals surface area contributed by atoms with E-state index in [1.54, 1.807) is 18.2 Å². The van der Waals surface area contributed by atoms with Crippen molar-refractivity contribution in [1.82, 2.24) is 0 Å². The molecular formula is C20H13Cl2NO4. The van der Waals surface area contributed by atoms with Gasteiger partial charge < -0.3 is 15.2 Å². The zero-order valence-electron chi connectivity index (χ0n) is 13.8. The first-order chi connectivity index (χ1) is 13.0. The van der Waals surface area contributed by atoms with E-state index in [0.29, 0.717) is 11.5 Å². The molecule has 0 spiro atoms. The SMILES string of the molecule is O=C(O)c1ccc(Oc2ccccc2)cc1NC(=O)c1c(Cl)cccc1Cl. The van der Waals surface area contributed by atoms with Crippen LogP contribution >= 0.6 is 23.2 Å². The van der Waals surface area contributed by atoms with E-state index < -0.39 is 11.9 Å². The van der Waals surface area contributed by atoms with Gasteiger partial charge in [-0.25, -0.2) is 4.79 Å². The van der Waals surface area contributed by atoms with Crippen molar-refractivity contribution in [3.8, 4) is 11.5 Å². The number of carbonyl (C=O) groups excluding carboxylic acids is 1. The summed E-state index contributed by atoms with van der Waals surface area (Å²) >= 11 is 12.1. The van der Waals surface area contributed by atoms with Crippen LogP contribution < -0.4 is 10.1 Å². The van der Waals surface area contributed by atoms with E-state index in [0.717, 1.165) is 0 Å². The minimum atomic E-state index is -1.19. The van der Waals surface area contributed by atoms with Crippen molar-refractivity contribution in [2.45, 2.75) is 0 Å². The number of carboxylic acids is 1. The van der Waals surface area contributed by atoms with Gasteiger partial charge in [-0.15, -0.1) is 0 Å². The summed E-state index contributed by atoms with van der Waals surface area (Å²) in [5.41, 5.74) is 0.0374.